The zero-order valence-corrected chi connectivity index (χ0v) is 13.1. The molecule has 4 heteroatoms. The molecular weight excluding hydrogens is 293 g/mol. The predicted molar refractivity (Wildman–Crippen MR) is 83.8 cm³/mol. The van der Waals surface area contributed by atoms with E-state index in [2.05, 4.69) is 18.3 Å². The van der Waals surface area contributed by atoms with Crippen LogP contribution >= 0.6 is 23.2 Å². The summed E-state index contributed by atoms with van der Waals surface area (Å²) < 4.78 is 5.85. The Bertz CT molecular complexity index is 635. The van der Waals surface area contributed by atoms with Crippen molar-refractivity contribution >= 4 is 28.9 Å². The molecule has 1 N–H and O–H groups in total. The average molecular weight is 310 g/mol. The topological polar surface area (TPSA) is 25.2 Å². The van der Waals surface area contributed by atoms with Gasteiger partial charge >= 0.3 is 0 Å². The fourth-order valence-electron chi connectivity index (χ4n) is 2.37. The Labute approximate surface area is 129 Å². The second kappa shape index (κ2) is 5.34. The Morgan fingerprint density at radius 1 is 1.25 bits per heavy atom. The van der Waals surface area contributed by atoms with E-state index in [1.807, 2.05) is 25.1 Å². The van der Waals surface area contributed by atoms with Gasteiger partial charge in [0.1, 0.15) is 11.5 Å². The molecule has 20 heavy (non-hydrogen) atoms. The van der Waals surface area contributed by atoms with Crippen LogP contribution in [0.1, 0.15) is 36.3 Å². The van der Waals surface area contributed by atoms with Crippen molar-refractivity contribution in [2.45, 2.75) is 32.7 Å². The van der Waals surface area contributed by atoms with Gasteiger partial charge in [0.2, 0.25) is 0 Å². The molecule has 1 aliphatic rings. The first-order valence-electron chi connectivity index (χ1n) is 6.82. The lowest BCUT2D eigenvalue weighted by Gasteiger charge is -2.09. The molecule has 1 aliphatic carbocycles. The highest BCUT2D eigenvalue weighted by atomic mass is 35.5. The number of nitrogens with one attached hydrogen (secondary N) is 1. The molecule has 2 nitrogen and oxygen atoms in total. The van der Waals surface area contributed by atoms with Gasteiger partial charge in [-0.15, -0.1) is 0 Å². The van der Waals surface area contributed by atoms with Crippen molar-refractivity contribution in [2.75, 3.05) is 5.32 Å². The van der Waals surface area contributed by atoms with Crippen LogP contribution in [0, 0.1) is 12.8 Å². The second-order valence-corrected chi connectivity index (χ2v) is 6.37. The molecule has 106 valence electrons. The molecule has 0 saturated heterocycles. The SMILES string of the molecule is Cc1cc(Cl)c(NCc2ccc(C3CC3C)o2)cc1Cl. The summed E-state index contributed by atoms with van der Waals surface area (Å²) in [6.45, 7) is 4.80. The molecule has 1 saturated carbocycles. The highest BCUT2D eigenvalue weighted by Crippen LogP contribution is 2.47. The summed E-state index contributed by atoms with van der Waals surface area (Å²) in [6, 6.07) is 7.82. The maximum Gasteiger partial charge on any atom is 0.123 e. The molecule has 0 bridgehead atoms. The molecule has 2 unspecified atom stereocenters. The standard InChI is InChI=1S/C16H17Cl2NO/c1-9-5-12(9)16-4-3-11(20-16)8-19-15-7-13(17)10(2)6-14(15)18/h3-4,6-7,9,12,19H,5,8H2,1-2H3. The molecular formula is C16H17Cl2NO. The number of furan rings is 1. The zero-order valence-electron chi connectivity index (χ0n) is 11.5. The lowest BCUT2D eigenvalue weighted by Crippen LogP contribution is -1.99. The molecule has 0 aliphatic heterocycles. The molecule has 3 rings (SSSR count). The number of halogens is 2. The van der Waals surface area contributed by atoms with Gasteiger partial charge in [0.05, 0.1) is 17.3 Å². The number of hydrogen-bond acceptors (Lipinski definition) is 2. The smallest absolute Gasteiger partial charge is 0.123 e. The second-order valence-electron chi connectivity index (χ2n) is 5.56. The van der Waals surface area contributed by atoms with Crippen LogP contribution in [0.2, 0.25) is 10.0 Å². The van der Waals surface area contributed by atoms with E-state index in [-0.39, 0.29) is 0 Å². The third-order valence-corrected chi connectivity index (χ3v) is 4.58. The van der Waals surface area contributed by atoms with E-state index in [1.54, 1.807) is 0 Å². The zero-order chi connectivity index (χ0) is 14.3. The van der Waals surface area contributed by atoms with E-state index in [4.69, 9.17) is 27.6 Å². The van der Waals surface area contributed by atoms with Crippen molar-refractivity contribution in [1.29, 1.82) is 0 Å². The van der Waals surface area contributed by atoms with Crippen LogP contribution in [-0.2, 0) is 6.54 Å². The van der Waals surface area contributed by atoms with Crippen LogP contribution in [0.3, 0.4) is 0 Å². The molecule has 0 amide bonds. The summed E-state index contributed by atoms with van der Waals surface area (Å²) in [4.78, 5) is 0. The lowest BCUT2D eigenvalue weighted by molar-refractivity contribution is 0.468. The highest BCUT2D eigenvalue weighted by molar-refractivity contribution is 6.35. The minimum atomic E-state index is 0.611. The monoisotopic (exact) mass is 309 g/mol. The normalized spacial score (nSPS) is 21.0. The van der Waals surface area contributed by atoms with Crippen LogP contribution in [0.15, 0.2) is 28.7 Å². The van der Waals surface area contributed by atoms with Gasteiger partial charge in [0.25, 0.3) is 0 Å². The molecule has 1 fully saturated rings. The third-order valence-electron chi connectivity index (χ3n) is 3.86. The Morgan fingerprint density at radius 2 is 2.00 bits per heavy atom. The van der Waals surface area contributed by atoms with E-state index in [0.29, 0.717) is 22.5 Å². The Morgan fingerprint density at radius 3 is 2.70 bits per heavy atom. The molecule has 1 heterocycles. The fourth-order valence-corrected chi connectivity index (χ4v) is 2.82. The van der Waals surface area contributed by atoms with Gasteiger partial charge in [-0.1, -0.05) is 30.1 Å². The maximum absolute atomic E-state index is 6.20. The first kappa shape index (κ1) is 13.8. The summed E-state index contributed by atoms with van der Waals surface area (Å²) in [7, 11) is 0. The van der Waals surface area contributed by atoms with Crippen molar-refractivity contribution in [3.05, 3.63) is 51.4 Å². The first-order valence-corrected chi connectivity index (χ1v) is 7.58. The lowest BCUT2D eigenvalue weighted by atomic mass is 10.2. The molecule has 2 aromatic rings. The number of hydrogen-bond donors (Lipinski definition) is 1. The van der Waals surface area contributed by atoms with Gasteiger partial charge in [-0.2, -0.15) is 0 Å². The maximum atomic E-state index is 6.20. The van der Waals surface area contributed by atoms with Gasteiger partial charge in [-0.3, -0.25) is 0 Å². The summed E-state index contributed by atoms with van der Waals surface area (Å²) in [5.74, 6) is 3.39. The molecule has 0 radical (unpaired) electrons. The first-order chi connectivity index (χ1) is 9.54. The Kier molecular flexibility index (Phi) is 3.70. The van der Waals surface area contributed by atoms with Crippen molar-refractivity contribution in [3.8, 4) is 0 Å². The number of anilines is 1. The third kappa shape index (κ3) is 2.82. The van der Waals surface area contributed by atoms with E-state index < -0.39 is 0 Å². The van der Waals surface area contributed by atoms with Gasteiger partial charge in [-0.05, 0) is 49.1 Å². The predicted octanol–water partition coefficient (Wildman–Crippen LogP) is 5.63. The van der Waals surface area contributed by atoms with Gasteiger partial charge in [0.15, 0.2) is 0 Å². The van der Waals surface area contributed by atoms with Gasteiger partial charge in [0, 0.05) is 10.9 Å². The Hall–Kier alpha value is -1.12. The molecule has 1 aromatic heterocycles. The van der Waals surface area contributed by atoms with E-state index in [0.717, 1.165) is 28.7 Å². The Balaban J connectivity index is 1.67. The largest absolute Gasteiger partial charge is 0.464 e. The quantitative estimate of drug-likeness (QED) is 0.791. The fraction of sp³-hybridized carbons (Fsp3) is 0.375. The van der Waals surface area contributed by atoms with Crippen molar-refractivity contribution in [3.63, 3.8) is 0 Å². The number of aryl methyl sites for hydroxylation is 1. The van der Waals surface area contributed by atoms with Crippen LogP contribution in [-0.4, -0.2) is 0 Å². The van der Waals surface area contributed by atoms with Crippen LogP contribution in [0.4, 0.5) is 5.69 Å². The van der Waals surface area contributed by atoms with Gasteiger partial charge < -0.3 is 9.73 Å². The van der Waals surface area contributed by atoms with Crippen molar-refractivity contribution < 1.29 is 4.42 Å². The minimum Gasteiger partial charge on any atom is -0.464 e. The highest BCUT2D eigenvalue weighted by Gasteiger charge is 2.36. The average Bonchev–Trinajstić information content (AvgIpc) is 2.96. The van der Waals surface area contributed by atoms with E-state index in [1.165, 1.54) is 6.42 Å². The van der Waals surface area contributed by atoms with E-state index >= 15 is 0 Å². The van der Waals surface area contributed by atoms with Crippen LogP contribution in [0.5, 0.6) is 0 Å². The molecule has 2 atom stereocenters. The summed E-state index contributed by atoms with van der Waals surface area (Å²) in [5, 5.41) is 4.66. The summed E-state index contributed by atoms with van der Waals surface area (Å²) >= 11 is 12.3. The van der Waals surface area contributed by atoms with Crippen molar-refractivity contribution in [2.24, 2.45) is 5.92 Å². The number of benzene rings is 1. The van der Waals surface area contributed by atoms with Crippen LogP contribution in [0.25, 0.3) is 0 Å². The summed E-state index contributed by atoms with van der Waals surface area (Å²) in [5.41, 5.74) is 1.81. The van der Waals surface area contributed by atoms with E-state index in [9.17, 15) is 0 Å². The molecule has 0 spiro atoms. The van der Waals surface area contributed by atoms with Gasteiger partial charge in [-0.25, -0.2) is 0 Å². The van der Waals surface area contributed by atoms with Crippen molar-refractivity contribution in [1.82, 2.24) is 0 Å². The minimum absolute atomic E-state index is 0.611. The summed E-state index contributed by atoms with van der Waals surface area (Å²) in [6.07, 6.45) is 1.24. The number of rotatable bonds is 4. The van der Waals surface area contributed by atoms with Crippen LogP contribution < -0.4 is 5.32 Å². The molecule has 1 aromatic carbocycles.